The van der Waals surface area contributed by atoms with E-state index in [1.807, 2.05) is 6.07 Å². The lowest BCUT2D eigenvalue weighted by molar-refractivity contribution is 0.309. The normalized spacial score (nSPS) is 14.4. The van der Waals surface area contributed by atoms with Gasteiger partial charge in [0.2, 0.25) is 0 Å². The maximum Gasteiger partial charge on any atom is 0.123 e. The summed E-state index contributed by atoms with van der Waals surface area (Å²) in [5, 5.41) is 1.08. The number of benzene rings is 2. The summed E-state index contributed by atoms with van der Waals surface area (Å²) >= 11 is 0. The third-order valence-corrected chi connectivity index (χ3v) is 5.15. The summed E-state index contributed by atoms with van der Waals surface area (Å²) in [5.41, 5.74) is 6.51. The summed E-state index contributed by atoms with van der Waals surface area (Å²) in [6, 6.07) is 14.0. The number of aromatic nitrogens is 1. The van der Waals surface area contributed by atoms with Crippen LogP contribution >= 0.6 is 12.4 Å². The molecule has 0 saturated carbocycles. The Morgan fingerprint density at radius 2 is 1.84 bits per heavy atom. The Morgan fingerprint density at radius 3 is 2.60 bits per heavy atom. The van der Waals surface area contributed by atoms with Crippen LogP contribution in [0.5, 0.6) is 0 Å². The third-order valence-electron chi connectivity index (χ3n) is 5.15. The van der Waals surface area contributed by atoms with E-state index >= 15 is 0 Å². The molecule has 0 atom stereocenters. The van der Waals surface area contributed by atoms with E-state index in [4.69, 9.17) is 0 Å². The molecule has 0 saturated heterocycles. The van der Waals surface area contributed by atoms with Gasteiger partial charge in [0, 0.05) is 42.7 Å². The molecule has 2 heterocycles. The maximum atomic E-state index is 13.8. The zero-order chi connectivity index (χ0) is 16.7. The fourth-order valence-corrected chi connectivity index (χ4v) is 3.81. The minimum Gasteiger partial charge on any atom is -0.344 e. The second-order valence-corrected chi connectivity index (χ2v) is 6.96. The van der Waals surface area contributed by atoms with Crippen molar-refractivity contribution in [2.24, 2.45) is 0 Å². The van der Waals surface area contributed by atoms with E-state index in [2.05, 4.69) is 47.7 Å². The highest BCUT2D eigenvalue weighted by atomic mass is 35.5. The molecule has 2 nitrogen and oxygen atoms in total. The molecule has 4 heteroatoms. The van der Waals surface area contributed by atoms with Crippen molar-refractivity contribution < 1.29 is 4.39 Å². The lowest BCUT2D eigenvalue weighted by atomic mass is 10.0. The number of aryl methyl sites for hydroxylation is 3. The zero-order valence-electron chi connectivity index (χ0n) is 14.8. The molecule has 0 amide bonds. The van der Waals surface area contributed by atoms with Crippen molar-refractivity contribution in [3.05, 3.63) is 70.7 Å². The van der Waals surface area contributed by atoms with Gasteiger partial charge in [0.15, 0.2) is 0 Å². The molecule has 0 N–H and O–H groups in total. The van der Waals surface area contributed by atoms with Crippen molar-refractivity contribution in [3.8, 4) is 0 Å². The number of hydrogen-bond donors (Lipinski definition) is 0. The van der Waals surface area contributed by atoms with Crippen LogP contribution < -0.4 is 0 Å². The summed E-state index contributed by atoms with van der Waals surface area (Å²) in [5.74, 6) is -0.144. The van der Waals surface area contributed by atoms with E-state index in [-0.39, 0.29) is 18.2 Å². The minimum atomic E-state index is -0.144. The van der Waals surface area contributed by atoms with Crippen LogP contribution in [0.2, 0.25) is 0 Å². The molecule has 0 bridgehead atoms. The predicted octanol–water partition coefficient (Wildman–Crippen LogP) is 4.74. The van der Waals surface area contributed by atoms with Gasteiger partial charge >= 0.3 is 0 Å². The molecule has 0 unspecified atom stereocenters. The molecular formula is C21H24ClFN2. The van der Waals surface area contributed by atoms with Gasteiger partial charge in [0.05, 0.1) is 0 Å². The average Bonchev–Trinajstić information content (AvgIpc) is 2.87. The molecule has 0 fully saturated rings. The Morgan fingerprint density at radius 1 is 1.08 bits per heavy atom. The van der Waals surface area contributed by atoms with E-state index in [1.165, 1.54) is 27.9 Å². The molecule has 1 aliphatic heterocycles. The molecule has 1 aliphatic rings. The molecule has 1 aromatic heterocycles. The van der Waals surface area contributed by atoms with E-state index in [1.54, 1.807) is 12.1 Å². The monoisotopic (exact) mass is 358 g/mol. The van der Waals surface area contributed by atoms with Crippen LogP contribution in [0.3, 0.4) is 0 Å². The SMILES string of the molecule is Cc1ccc(CCn2c3c(c4cc(F)ccc42)CN(C)CC3)cc1.Cl. The second-order valence-electron chi connectivity index (χ2n) is 6.96. The first-order valence-corrected chi connectivity index (χ1v) is 8.65. The number of likely N-dealkylation sites (N-methyl/N-ethyl adjacent to an activating group) is 1. The molecule has 0 radical (unpaired) electrons. The standard InChI is InChI=1S/C21H23FN2.ClH/c1-15-3-5-16(6-4-15)9-12-24-20-8-7-17(22)13-18(20)19-14-23(2)11-10-21(19)24;/h3-8,13H,9-12,14H2,1-2H3;1H. The van der Waals surface area contributed by atoms with Gasteiger partial charge in [-0.15, -0.1) is 12.4 Å². The maximum absolute atomic E-state index is 13.8. The lowest BCUT2D eigenvalue weighted by Gasteiger charge is -2.24. The fraction of sp³-hybridized carbons (Fsp3) is 0.333. The number of hydrogen-bond acceptors (Lipinski definition) is 1. The van der Waals surface area contributed by atoms with Gasteiger partial charge in [-0.05, 0) is 49.7 Å². The van der Waals surface area contributed by atoms with Crippen molar-refractivity contribution in [1.82, 2.24) is 9.47 Å². The van der Waals surface area contributed by atoms with Crippen LogP contribution in [0.1, 0.15) is 22.4 Å². The Hall–Kier alpha value is -1.84. The van der Waals surface area contributed by atoms with Crippen molar-refractivity contribution >= 4 is 23.3 Å². The topological polar surface area (TPSA) is 8.17 Å². The molecule has 25 heavy (non-hydrogen) atoms. The average molecular weight is 359 g/mol. The number of rotatable bonds is 3. The molecule has 0 spiro atoms. The summed E-state index contributed by atoms with van der Waals surface area (Å²) in [6.07, 6.45) is 2.04. The minimum absolute atomic E-state index is 0. The van der Waals surface area contributed by atoms with E-state index in [9.17, 15) is 4.39 Å². The van der Waals surface area contributed by atoms with E-state index < -0.39 is 0 Å². The highest BCUT2D eigenvalue weighted by Crippen LogP contribution is 2.31. The van der Waals surface area contributed by atoms with E-state index in [0.29, 0.717) is 0 Å². The number of nitrogens with zero attached hydrogens (tertiary/aromatic N) is 2. The molecule has 0 aliphatic carbocycles. The largest absolute Gasteiger partial charge is 0.344 e. The Labute approximate surface area is 154 Å². The molecule has 4 rings (SSSR count). The van der Waals surface area contributed by atoms with Crippen LogP contribution in [0.25, 0.3) is 10.9 Å². The lowest BCUT2D eigenvalue weighted by Crippen LogP contribution is -2.27. The zero-order valence-corrected chi connectivity index (χ0v) is 15.6. The summed E-state index contributed by atoms with van der Waals surface area (Å²) in [6.45, 7) is 5.04. The summed E-state index contributed by atoms with van der Waals surface area (Å²) in [7, 11) is 2.14. The number of fused-ring (bicyclic) bond motifs is 3. The van der Waals surface area contributed by atoms with E-state index in [0.717, 1.165) is 37.9 Å². The van der Waals surface area contributed by atoms with Gasteiger partial charge in [-0.2, -0.15) is 0 Å². The van der Waals surface area contributed by atoms with Crippen LogP contribution in [0.15, 0.2) is 42.5 Å². The third kappa shape index (κ3) is 3.44. The van der Waals surface area contributed by atoms with Crippen LogP contribution in [-0.2, 0) is 25.9 Å². The highest BCUT2D eigenvalue weighted by molar-refractivity contribution is 5.86. The summed E-state index contributed by atoms with van der Waals surface area (Å²) in [4.78, 5) is 2.32. The molecule has 2 aromatic carbocycles. The quantitative estimate of drug-likeness (QED) is 0.656. The van der Waals surface area contributed by atoms with Crippen molar-refractivity contribution in [3.63, 3.8) is 0 Å². The first-order valence-electron chi connectivity index (χ1n) is 8.65. The first-order chi connectivity index (χ1) is 11.6. The van der Waals surface area contributed by atoms with Gasteiger partial charge in [0.25, 0.3) is 0 Å². The van der Waals surface area contributed by atoms with Gasteiger partial charge in [0.1, 0.15) is 5.82 Å². The predicted molar refractivity (Wildman–Crippen MR) is 104 cm³/mol. The Bertz CT molecular complexity index is 883. The Kier molecular flexibility index (Phi) is 5.16. The van der Waals surface area contributed by atoms with Crippen LogP contribution in [-0.4, -0.2) is 23.1 Å². The second kappa shape index (κ2) is 7.19. The van der Waals surface area contributed by atoms with Gasteiger partial charge < -0.3 is 9.47 Å². The number of halogens is 2. The van der Waals surface area contributed by atoms with Crippen LogP contribution in [0.4, 0.5) is 4.39 Å². The fourth-order valence-electron chi connectivity index (χ4n) is 3.81. The summed E-state index contributed by atoms with van der Waals surface area (Å²) < 4.78 is 16.2. The van der Waals surface area contributed by atoms with Crippen molar-refractivity contribution in [2.75, 3.05) is 13.6 Å². The molecule has 3 aromatic rings. The van der Waals surface area contributed by atoms with Gasteiger partial charge in [-0.1, -0.05) is 29.8 Å². The van der Waals surface area contributed by atoms with Gasteiger partial charge in [-0.3, -0.25) is 0 Å². The van der Waals surface area contributed by atoms with Crippen molar-refractivity contribution in [2.45, 2.75) is 32.9 Å². The molecule has 132 valence electrons. The smallest absolute Gasteiger partial charge is 0.123 e. The van der Waals surface area contributed by atoms with Crippen molar-refractivity contribution in [1.29, 1.82) is 0 Å². The first kappa shape index (κ1) is 18.0. The Balaban J connectivity index is 0.00000182. The van der Waals surface area contributed by atoms with Crippen LogP contribution in [0, 0.1) is 12.7 Å². The molecular weight excluding hydrogens is 335 g/mol. The van der Waals surface area contributed by atoms with Gasteiger partial charge in [-0.25, -0.2) is 4.39 Å². The highest BCUT2D eigenvalue weighted by Gasteiger charge is 2.22.